The fourth-order valence-electron chi connectivity index (χ4n) is 1.27. The van der Waals surface area contributed by atoms with Gasteiger partial charge in [0.05, 0.1) is 15.6 Å². The van der Waals surface area contributed by atoms with Crippen molar-refractivity contribution in [2.24, 2.45) is 0 Å². The number of carboxylic acids is 1. The molecular weight excluding hydrogens is 246 g/mol. The van der Waals surface area contributed by atoms with Crippen molar-refractivity contribution in [3.63, 3.8) is 0 Å². The molecule has 0 unspecified atom stereocenters. The maximum atomic E-state index is 10.8. The summed E-state index contributed by atoms with van der Waals surface area (Å²) in [5, 5.41) is 9.79. The summed E-state index contributed by atoms with van der Waals surface area (Å²) in [6, 6.07) is 7.01. The molecule has 1 aromatic heterocycles. The van der Waals surface area contributed by atoms with Crippen molar-refractivity contribution >= 4 is 32.8 Å². The molecule has 14 heavy (non-hydrogen) atoms. The van der Waals surface area contributed by atoms with Gasteiger partial charge in [-0.25, -0.2) is 4.79 Å². The Kier molecular flexibility index (Phi) is 2.21. The molecular formula is C10H6BrNO2. The van der Waals surface area contributed by atoms with Gasteiger partial charge >= 0.3 is 5.97 Å². The van der Waals surface area contributed by atoms with E-state index in [0.717, 1.165) is 5.39 Å². The number of aromatic carboxylic acids is 1. The minimum atomic E-state index is -0.954. The van der Waals surface area contributed by atoms with E-state index in [4.69, 9.17) is 5.11 Å². The van der Waals surface area contributed by atoms with E-state index in [9.17, 15) is 4.79 Å². The molecule has 3 nitrogen and oxygen atoms in total. The summed E-state index contributed by atoms with van der Waals surface area (Å²) in [4.78, 5) is 14.9. The van der Waals surface area contributed by atoms with Crippen LogP contribution < -0.4 is 0 Å². The number of fused-ring (bicyclic) bond motifs is 1. The number of aromatic nitrogens is 1. The molecule has 2 rings (SSSR count). The number of rotatable bonds is 1. The van der Waals surface area contributed by atoms with Gasteiger partial charge in [-0.05, 0) is 28.1 Å². The van der Waals surface area contributed by atoms with Crippen molar-refractivity contribution < 1.29 is 9.90 Å². The van der Waals surface area contributed by atoms with Gasteiger partial charge in [0.1, 0.15) is 0 Å². The van der Waals surface area contributed by atoms with Crippen molar-refractivity contribution in [2.75, 3.05) is 0 Å². The van der Waals surface area contributed by atoms with Gasteiger partial charge in [0.2, 0.25) is 0 Å². The quantitative estimate of drug-likeness (QED) is 0.848. The van der Waals surface area contributed by atoms with Crippen LogP contribution in [0, 0.1) is 0 Å². The molecule has 4 heteroatoms. The molecule has 0 fully saturated rings. The molecule has 0 bridgehead atoms. The standard InChI is InChI=1S/C10H6BrNO2/c11-8-7(10(13)14)4-3-6-2-1-5-12-9(6)8/h1-5H,(H,13,14). The summed E-state index contributed by atoms with van der Waals surface area (Å²) in [5.41, 5.74) is 0.906. The summed E-state index contributed by atoms with van der Waals surface area (Å²) in [6.45, 7) is 0. The lowest BCUT2D eigenvalue weighted by Gasteiger charge is -2.02. The van der Waals surface area contributed by atoms with Gasteiger partial charge in [0, 0.05) is 11.6 Å². The lowest BCUT2D eigenvalue weighted by molar-refractivity contribution is 0.0696. The number of hydrogen-bond donors (Lipinski definition) is 1. The van der Waals surface area contributed by atoms with Crippen molar-refractivity contribution in [1.82, 2.24) is 4.98 Å². The minimum Gasteiger partial charge on any atom is -0.478 e. The van der Waals surface area contributed by atoms with Crippen LogP contribution in [-0.2, 0) is 0 Å². The maximum Gasteiger partial charge on any atom is 0.336 e. The zero-order valence-corrected chi connectivity index (χ0v) is 8.65. The molecule has 1 N–H and O–H groups in total. The summed E-state index contributed by atoms with van der Waals surface area (Å²) in [5.74, 6) is -0.954. The molecule has 70 valence electrons. The number of benzene rings is 1. The Balaban J connectivity index is 2.81. The van der Waals surface area contributed by atoms with Crippen LogP contribution in [0.2, 0.25) is 0 Å². The molecule has 0 aliphatic carbocycles. The Labute approximate surface area is 88.5 Å². The fraction of sp³-hybridized carbons (Fsp3) is 0. The number of pyridine rings is 1. The first kappa shape index (κ1) is 9.15. The molecule has 0 amide bonds. The van der Waals surface area contributed by atoms with Gasteiger partial charge in [-0.2, -0.15) is 0 Å². The Bertz CT molecular complexity index is 510. The van der Waals surface area contributed by atoms with E-state index in [0.29, 0.717) is 9.99 Å². The fourth-order valence-corrected chi connectivity index (χ4v) is 1.91. The van der Waals surface area contributed by atoms with E-state index in [1.54, 1.807) is 18.3 Å². The van der Waals surface area contributed by atoms with Crippen LogP contribution in [0.4, 0.5) is 0 Å². The third-order valence-electron chi connectivity index (χ3n) is 1.94. The Hall–Kier alpha value is -1.42. The molecule has 0 spiro atoms. The van der Waals surface area contributed by atoms with Gasteiger partial charge < -0.3 is 5.11 Å². The predicted octanol–water partition coefficient (Wildman–Crippen LogP) is 2.70. The van der Waals surface area contributed by atoms with Crippen molar-refractivity contribution in [3.05, 3.63) is 40.5 Å². The molecule has 2 aromatic rings. The van der Waals surface area contributed by atoms with Crippen LogP contribution >= 0.6 is 15.9 Å². The average molecular weight is 252 g/mol. The number of halogens is 1. The van der Waals surface area contributed by atoms with Crippen LogP contribution in [0.15, 0.2) is 34.9 Å². The Morgan fingerprint density at radius 1 is 1.36 bits per heavy atom. The first-order chi connectivity index (χ1) is 6.70. The third kappa shape index (κ3) is 1.37. The summed E-state index contributed by atoms with van der Waals surface area (Å²) < 4.78 is 0.531. The number of nitrogens with zero attached hydrogens (tertiary/aromatic N) is 1. The monoisotopic (exact) mass is 251 g/mol. The highest BCUT2D eigenvalue weighted by Crippen LogP contribution is 2.25. The lowest BCUT2D eigenvalue weighted by atomic mass is 10.1. The van der Waals surface area contributed by atoms with Crippen molar-refractivity contribution in [1.29, 1.82) is 0 Å². The van der Waals surface area contributed by atoms with E-state index in [-0.39, 0.29) is 5.56 Å². The first-order valence-corrected chi connectivity index (χ1v) is 4.76. The average Bonchev–Trinajstić information content (AvgIpc) is 2.18. The molecule has 0 atom stereocenters. The zero-order chi connectivity index (χ0) is 10.1. The highest BCUT2D eigenvalue weighted by atomic mass is 79.9. The second-order valence-corrected chi connectivity index (χ2v) is 3.60. The van der Waals surface area contributed by atoms with Gasteiger partial charge in [-0.1, -0.05) is 12.1 Å². The highest BCUT2D eigenvalue weighted by molar-refractivity contribution is 9.10. The predicted molar refractivity (Wildman–Crippen MR) is 56.4 cm³/mol. The molecule has 0 radical (unpaired) electrons. The number of carboxylic acid groups (broad SMARTS) is 1. The molecule has 0 aliphatic heterocycles. The van der Waals surface area contributed by atoms with Crippen LogP contribution in [0.1, 0.15) is 10.4 Å². The van der Waals surface area contributed by atoms with E-state index in [1.807, 2.05) is 12.1 Å². The van der Waals surface area contributed by atoms with Crippen LogP contribution in [0.3, 0.4) is 0 Å². The third-order valence-corrected chi connectivity index (χ3v) is 2.75. The minimum absolute atomic E-state index is 0.233. The maximum absolute atomic E-state index is 10.8. The zero-order valence-electron chi connectivity index (χ0n) is 7.07. The number of hydrogen-bond acceptors (Lipinski definition) is 2. The van der Waals surface area contributed by atoms with E-state index < -0.39 is 5.97 Å². The highest BCUT2D eigenvalue weighted by Gasteiger charge is 2.11. The SMILES string of the molecule is O=C(O)c1ccc2cccnc2c1Br. The van der Waals surface area contributed by atoms with E-state index in [2.05, 4.69) is 20.9 Å². The van der Waals surface area contributed by atoms with Gasteiger partial charge in [-0.15, -0.1) is 0 Å². The normalized spacial score (nSPS) is 10.4. The molecule has 1 heterocycles. The van der Waals surface area contributed by atoms with Crippen LogP contribution in [-0.4, -0.2) is 16.1 Å². The van der Waals surface area contributed by atoms with Gasteiger partial charge in [0.25, 0.3) is 0 Å². The Morgan fingerprint density at radius 2 is 2.14 bits per heavy atom. The van der Waals surface area contributed by atoms with Crippen LogP contribution in [0.25, 0.3) is 10.9 Å². The first-order valence-electron chi connectivity index (χ1n) is 3.96. The smallest absolute Gasteiger partial charge is 0.336 e. The molecule has 0 saturated carbocycles. The topological polar surface area (TPSA) is 50.2 Å². The summed E-state index contributed by atoms with van der Waals surface area (Å²) in [6.07, 6.45) is 1.64. The molecule has 0 saturated heterocycles. The van der Waals surface area contributed by atoms with Crippen molar-refractivity contribution in [2.45, 2.75) is 0 Å². The number of carbonyl (C=O) groups is 1. The summed E-state index contributed by atoms with van der Waals surface area (Å²) in [7, 11) is 0. The second kappa shape index (κ2) is 3.38. The van der Waals surface area contributed by atoms with Gasteiger partial charge in [-0.3, -0.25) is 4.98 Å². The second-order valence-electron chi connectivity index (χ2n) is 2.81. The summed E-state index contributed by atoms with van der Waals surface area (Å²) >= 11 is 3.24. The van der Waals surface area contributed by atoms with E-state index >= 15 is 0 Å². The largest absolute Gasteiger partial charge is 0.478 e. The Morgan fingerprint density at radius 3 is 2.86 bits per heavy atom. The van der Waals surface area contributed by atoms with Crippen molar-refractivity contribution in [3.8, 4) is 0 Å². The van der Waals surface area contributed by atoms with Crippen LogP contribution in [0.5, 0.6) is 0 Å². The van der Waals surface area contributed by atoms with E-state index in [1.165, 1.54) is 0 Å². The molecule has 0 aliphatic rings. The lowest BCUT2D eigenvalue weighted by Crippen LogP contribution is -1.98. The van der Waals surface area contributed by atoms with Gasteiger partial charge in [0.15, 0.2) is 0 Å². The molecule has 1 aromatic carbocycles.